The highest BCUT2D eigenvalue weighted by atomic mass is 32.2. The maximum atomic E-state index is 12.7. The van der Waals surface area contributed by atoms with Gasteiger partial charge in [-0.05, 0) is 81.1 Å². The molecule has 0 aliphatic carbocycles. The van der Waals surface area contributed by atoms with Crippen molar-refractivity contribution in [3.8, 4) is 11.1 Å². The number of rotatable bonds is 6. The zero-order valence-corrected chi connectivity index (χ0v) is 17.9. The summed E-state index contributed by atoms with van der Waals surface area (Å²) in [5.41, 5.74) is 2.97. The summed E-state index contributed by atoms with van der Waals surface area (Å²) in [4.78, 5) is 15.9. The van der Waals surface area contributed by atoms with Gasteiger partial charge in [0.2, 0.25) is 5.91 Å². The van der Waals surface area contributed by atoms with Crippen LogP contribution in [-0.4, -0.2) is 40.7 Å². The van der Waals surface area contributed by atoms with Crippen molar-refractivity contribution < 1.29 is 9.00 Å². The third kappa shape index (κ3) is 4.77. The number of piperidine rings is 3. The van der Waals surface area contributed by atoms with Gasteiger partial charge in [-0.1, -0.05) is 24.3 Å². The Morgan fingerprint density at radius 2 is 1.59 bits per heavy atom. The minimum absolute atomic E-state index is 0.116. The SMILES string of the molecule is CC(C)NS(=O)c1ccc(-c2ccc(NC(=O)C3CN4CCC3CC4)cc2)cc1. The fourth-order valence-electron chi connectivity index (χ4n) is 4.30. The molecule has 154 valence electrons. The van der Waals surface area contributed by atoms with E-state index in [1.807, 2.05) is 62.4 Å². The molecule has 2 bridgehead atoms. The largest absolute Gasteiger partial charge is 0.326 e. The molecular weight excluding hydrogens is 382 g/mol. The summed E-state index contributed by atoms with van der Waals surface area (Å²) in [6, 6.07) is 15.9. The van der Waals surface area contributed by atoms with Gasteiger partial charge in [0.25, 0.3) is 0 Å². The minimum Gasteiger partial charge on any atom is -0.326 e. The second-order valence-electron chi connectivity index (χ2n) is 8.38. The normalized spacial score (nSPS) is 24.4. The van der Waals surface area contributed by atoms with Crippen LogP contribution in [0.25, 0.3) is 11.1 Å². The summed E-state index contributed by atoms with van der Waals surface area (Å²) in [6.45, 7) is 7.13. The number of anilines is 1. The van der Waals surface area contributed by atoms with Gasteiger partial charge >= 0.3 is 0 Å². The van der Waals surface area contributed by atoms with Crippen molar-refractivity contribution in [2.75, 3.05) is 25.0 Å². The first-order valence-corrected chi connectivity index (χ1v) is 11.6. The van der Waals surface area contributed by atoms with Crippen molar-refractivity contribution in [1.29, 1.82) is 0 Å². The van der Waals surface area contributed by atoms with Crippen LogP contribution in [-0.2, 0) is 15.8 Å². The first-order valence-electron chi connectivity index (χ1n) is 10.4. The lowest BCUT2D eigenvalue weighted by Crippen LogP contribution is -2.51. The molecule has 2 N–H and O–H groups in total. The van der Waals surface area contributed by atoms with Crippen molar-refractivity contribution >= 4 is 22.6 Å². The van der Waals surface area contributed by atoms with Gasteiger partial charge < -0.3 is 10.2 Å². The molecule has 3 aliphatic heterocycles. The van der Waals surface area contributed by atoms with E-state index >= 15 is 0 Å². The molecule has 0 aromatic heterocycles. The second kappa shape index (κ2) is 8.78. The summed E-state index contributed by atoms with van der Waals surface area (Å²) < 4.78 is 15.2. The Labute approximate surface area is 175 Å². The summed E-state index contributed by atoms with van der Waals surface area (Å²) >= 11 is 0. The van der Waals surface area contributed by atoms with Crippen LogP contribution >= 0.6 is 0 Å². The van der Waals surface area contributed by atoms with E-state index in [9.17, 15) is 9.00 Å². The lowest BCUT2D eigenvalue weighted by atomic mass is 9.78. The number of hydrogen-bond donors (Lipinski definition) is 2. The molecule has 0 radical (unpaired) electrons. The number of nitrogens with zero attached hydrogens (tertiary/aromatic N) is 1. The fraction of sp³-hybridized carbons (Fsp3) is 0.435. The van der Waals surface area contributed by atoms with Gasteiger partial charge in [-0.25, -0.2) is 8.93 Å². The molecule has 2 aromatic carbocycles. The summed E-state index contributed by atoms with van der Waals surface area (Å²) in [5.74, 6) is 0.801. The number of hydrogen-bond acceptors (Lipinski definition) is 3. The van der Waals surface area contributed by atoms with Crippen LogP contribution in [0.15, 0.2) is 53.4 Å². The Morgan fingerprint density at radius 3 is 2.10 bits per heavy atom. The van der Waals surface area contributed by atoms with Crippen LogP contribution in [0.5, 0.6) is 0 Å². The van der Waals surface area contributed by atoms with E-state index in [1.54, 1.807) is 0 Å². The molecule has 1 amide bonds. The average Bonchev–Trinajstić information content (AvgIpc) is 2.75. The molecule has 3 fully saturated rings. The van der Waals surface area contributed by atoms with E-state index in [4.69, 9.17) is 0 Å². The molecule has 3 heterocycles. The Bertz CT molecular complexity index is 872. The molecule has 3 aliphatic rings. The third-order valence-electron chi connectivity index (χ3n) is 5.89. The lowest BCUT2D eigenvalue weighted by molar-refractivity contribution is -0.125. The third-order valence-corrected chi connectivity index (χ3v) is 7.28. The molecule has 2 unspecified atom stereocenters. The van der Waals surface area contributed by atoms with Crippen molar-refractivity contribution in [3.63, 3.8) is 0 Å². The van der Waals surface area contributed by atoms with Gasteiger partial charge in [0.05, 0.1) is 10.8 Å². The zero-order valence-electron chi connectivity index (χ0n) is 17.1. The van der Waals surface area contributed by atoms with Crippen LogP contribution in [0.2, 0.25) is 0 Å². The predicted octanol–water partition coefficient (Wildman–Crippen LogP) is 3.65. The quantitative estimate of drug-likeness (QED) is 0.763. The molecule has 0 saturated carbocycles. The lowest BCUT2D eigenvalue weighted by Gasteiger charge is -2.43. The molecule has 0 spiro atoms. The van der Waals surface area contributed by atoms with Crippen LogP contribution in [0.1, 0.15) is 26.7 Å². The number of carbonyl (C=O) groups excluding carboxylic acids is 1. The van der Waals surface area contributed by atoms with Crippen molar-refractivity contribution in [3.05, 3.63) is 48.5 Å². The smallest absolute Gasteiger partial charge is 0.229 e. The fourth-order valence-corrected chi connectivity index (χ4v) is 5.24. The summed E-state index contributed by atoms with van der Waals surface area (Å²) in [7, 11) is -1.19. The monoisotopic (exact) mass is 411 g/mol. The Morgan fingerprint density at radius 1 is 1.00 bits per heavy atom. The number of benzene rings is 2. The van der Waals surface area contributed by atoms with Crippen molar-refractivity contribution in [2.45, 2.75) is 37.6 Å². The highest BCUT2D eigenvalue weighted by molar-refractivity contribution is 7.83. The second-order valence-corrected chi connectivity index (χ2v) is 9.62. The van der Waals surface area contributed by atoms with Crippen LogP contribution in [0, 0.1) is 11.8 Å². The molecule has 29 heavy (non-hydrogen) atoms. The molecule has 2 atom stereocenters. The van der Waals surface area contributed by atoms with Crippen molar-refractivity contribution in [2.24, 2.45) is 11.8 Å². The topological polar surface area (TPSA) is 61.4 Å². The Hall–Kier alpha value is -2.02. The molecular formula is C23H29N3O2S. The van der Waals surface area contributed by atoms with E-state index < -0.39 is 11.0 Å². The van der Waals surface area contributed by atoms with Gasteiger partial charge in [-0.3, -0.25) is 4.79 Å². The number of nitrogens with one attached hydrogen (secondary N) is 2. The molecule has 5 rings (SSSR count). The van der Waals surface area contributed by atoms with Gasteiger partial charge in [0.15, 0.2) is 0 Å². The predicted molar refractivity (Wildman–Crippen MR) is 118 cm³/mol. The van der Waals surface area contributed by atoms with E-state index in [2.05, 4.69) is 14.9 Å². The average molecular weight is 412 g/mol. The van der Waals surface area contributed by atoms with Crippen LogP contribution in [0.3, 0.4) is 0 Å². The molecule has 6 heteroatoms. The highest BCUT2D eigenvalue weighted by Crippen LogP contribution is 2.33. The van der Waals surface area contributed by atoms with E-state index in [0.29, 0.717) is 5.92 Å². The number of carbonyl (C=O) groups is 1. The zero-order chi connectivity index (χ0) is 20.4. The van der Waals surface area contributed by atoms with E-state index in [1.165, 1.54) is 0 Å². The molecule has 2 aromatic rings. The standard InChI is InChI=1S/C23H29N3O2S/c1-16(2)25-29(28)21-9-5-18(6-10-21)17-3-7-20(8-4-17)24-23(27)22-15-26-13-11-19(22)12-14-26/h3-10,16,19,22,25H,11-15H2,1-2H3,(H,24,27). The van der Waals surface area contributed by atoms with Gasteiger partial charge in [0.1, 0.15) is 11.0 Å². The number of fused-ring (bicyclic) bond motifs is 3. The molecule has 3 saturated heterocycles. The minimum atomic E-state index is -1.19. The first-order chi connectivity index (χ1) is 14.0. The van der Waals surface area contributed by atoms with Gasteiger partial charge in [0, 0.05) is 18.3 Å². The van der Waals surface area contributed by atoms with Gasteiger partial charge in [-0.15, -0.1) is 0 Å². The van der Waals surface area contributed by atoms with Gasteiger partial charge in [-0.2, -0.15) is 0 Å². The van der Waals surface area contributed by atoms with E-state index in [0.717, 1.165) is 54.2 Å². The molecule has 5 nitrogen and oxygen atoms in total. The maximum Gasteiger partial charge on any atom is 0.229 e. The van der Waals surface area contributed by atoms with Crippen LogP contribution in [0.4, 0.5) is 5.69 Å². The first kappa shape index (κ1) is 20.3. The maximum absolute atomic E-state index is 12.7. The van der Waals surface area contributed by atoms with E-state index in [-0.39, 0.29) is 17.9 Å². The van der Waals surface area contributed by atoms with Crippen LogP contribution < -0.4 is 10.0 Å². The summed E-state index contributed by atoms with van der Waals surface area (Å²) in [6.07, 6.45) is 2.29. The highest BCUT2D eigenvalue weighted by Gasteiger charge is 2.38. The Balaban J connectivity index is 1.39. The summed E-state index contributed by atoms with van der Waals surface area (Å²) in [5, 5.41) is 3.10. The van der Waals surface area contributed by atoms with Crippen molar-refractivity contribution in [1.82, 2.24) is 9.62 Å². The Kier molecular flexibility index (Phi) is 6.13. The number of amides is 1.